The van der Waals surface area contributed by atoms with Crippen LogP contribution in [0.3, 0.4) is 0 Å². The number of benzene rings is 1. The van der Waals surface area contributed by atoms with E-state index in [4.69, 9.17) is 0 Å². The molecule has 0 spiro atoms. The van der Waals surface area contributed by atoms with Crippen LogP contribution >= 0.6 is 27.7 Å². The Morgan fingerprint density at radius 2 is 2.06 bits per heavy atom. The molecular formula is C14H18BrNOS. The van der Waals surface area contributed by atoms with E-state index in [1.54, 1.807) is 0 Å². The van der Waals surface area contributed by atoms with Gasteiger partial charge in [-0.15, -0.1) is 0 Å². The van der Waals surface area contributed by atoms with Gasteiger partial charge in [-0.2, -0.15) is 11.8 Å². The van der Waals surface area contributed by atoms with Crippen molar-refractivity contribution in [2.24, 2.45) is 5.92 Å². The number of rotatable bonds is 4. The number of nitrogens with one attached hydrogen (secondary N) is 1. The zero-order valence-corrected chi connectivity index (χ0v) is 12.7. The normalized spacial score (nSPS) is 16.5. The molecule has 0 radical (unpaired) electrons. The van der Waals surface area contributed by atoms with Crippen molar-refractivity contribution >= 4 is 33.6 Å². The maximum atomic E-state index is 11.9. The van der Waals surface area contributed by atoms with Crippen LogP contribution < -0.4 is 5.32 Å². The molecule has 1 aliphatic heterocycles. The van der Waals surface area contributed by atoms with Crippen LogP contribution in [-0.2, 0) is 11.3 Å². The summed E-state index contributed by atoms with van der Waals surface area (Å²) in [5, 5.41) is 3.01. The molecule has 1 saturated heterocycles. The van der Waals surface area contributed by atoms with Crippen LogP contribution in [0.2, 0.25) is 0 Å². The van der Waals surface area contributed by atoms with Crippen LogP contribution in [0.5, 0.6) is 0 Å². The van der Waals surface area contributed by atoms with Gasteiger partial charge in [-0.25, -0.2) is 0 Å². The fraction of sp³-hybridized carbons (Fsp3) is 0.500. The number of amides is 1. The smallest absolute Gasteiger partial charge is 0.220 e. The van der Waals surface area contributed by atoms with Gasteiger partial charge in [-0.3, -0.25) is 4.79 Å². The molecule has 4 heteroatoms. The van der Waals surface area contributed by atoms with Crippen molar-refractivity contribution in [2.75, 3.05) is 11.5 Å². The molecule has 18 heavy (non-hydrogen) atoms. The molecule has 0 aromatic heterocycles. The first-order valence-electron chi connectivity index (χ1n) is 6.33. The van der Waals surface area contributed by atoms with Crippen molar-refractivity contribution in [3.63, 3.8) is 0 Å². The van der Waals surface area contributed by atoms with E-state index in [1.807, 2.05) is 36.0 Å². The molecule has 0 aliphatic carbocycles. The second kappa shape index (κ2) is 7.19. The molecule has 1 aliphatic rings. The summed E-state index contributed by atoms with van der Waals surface area (Å²) in [7, 11) is 0. The lowest BCUT2D eigenvalue weighted by Crippen LogP contribution is -2.26. The highest BCUT2D eigenvalue weighted by Gasteiger charge is 2.17. The van der Waals surface area contributed by atoms with Crippen LogP contribution in [-0.4, -0.2) is 17.4 Å². The molecular weight excluding hydrogens is 310 g/mol. The van der Waals surface area contributed by atoms with Crippen molar-refractivity contribution in [1.82, 2.24) is 5.32 Å². The van der Waals surface area contributed by atoms with Gasteiger partial charge in [-0.05, 0) is 41.9 Å². The monoisotopic (exact) mass is 327 g/mol. The van der Waals surface area contributed by atoms with Gasteiger partial charge in [0.05, 0.1) is 0 Å². The lowest BCUT2D eigenvalue weighted by atomic mass is 9.98. The van der Waals surface area contributed by atoms with Gasteiger partial charge in [0.1, 0.15) is 0 Å². The first kappa shape index (κ1) is 13.9. The fourth-order valence-electron chi connectivity index (χ4n) is 2.12. The standard InChI is InChI=1S/C14H18BrNOS/c15-13-4-2-1-3-12(13)10-16-14(17)9-11-5-7-18-8-6-11/h1-4,11H,5-10H2,(H,16,17). The van der Waals surface area contributed by atoms with E-state index >= 15 is 0 Å². The topological polar surface area (TPSA) is 29.1 Å². The maximum Gasteiger partial charge on any atom is 0.220 e. The Labute approximate surface area is 121 Å². The van der Waals surface area contributed by atoms with Crippen LogP contribution in [0.25, 0.3) is 0 Å². The summed E-state index contributed by atoms with van der Waals surface area (Å²) in [4.78, 5) is 11.9. The van der Waals surface area contributed by atoms with Crippen LogP contribution in [0.15, 0.2) is 28.7 Å². The van der Waals surface area contributed by atoms with Crippen molar-refractivity contribution in [3.8, 4) is 0 Å². The van der Waals surface area contributed by atoms with Gasteiger partial charge in [0, 0.05) is 17.4 Å². The SMILES string of the molecule is O=C(CC1CCSCC1)NCc1ccccc1Br. The van der Waals surface area contributed by atoms with Gasteiger partial charge < -0.3 is 5.32 Å². The Hall–Kier alpha value is -0.480. The number of halogens is 1. The van der Waals surface area contributed by atoms with Gasteiger partial charge >= 0.3 is 0 Å². The highest BCUT2D eigenvalue weighted by molar-refractivity contribution is 9.10. The zero-order chi connectivity index (χ0) is 12.8. The van der Waals surface area contributed by atoms with E-state index in [2.05, 4.69) is 21.2 Å². The predicted molar refractivity (Wildman–Crippen MR) is 80.7 cm³/mol. The quantitative estimate of drug-likeness (QED) is 0.915. The summed E-state index contributed by atoms with van der Waals surface area (Å²) in [5.41, 5.74) is 1.13. The van der Waals surface area contributed by atoms with Gasteiger partial charge in [0.15, 0.2) is 0 Å². The summed E-state index contributed by atoms with van der Waals surface area (Å²) >= 11 is 5.49. The molecule has 2 rings (SSSR count). The van der Waals surface area contributed by atoms with E-state index in [0.717, 1.165) is 10.0 Å². The number of thioether (sulfide) groups is 1. The summed E-state index contributed by atoms with van der Waals surface area (Å²) in [5.74, 6) is 3.19. The van der Waals surface area contributed by atoms with Crippen molar-refractivity contribution in [1.29, 1.82) is 0 Å². The van der Waals surface area contributed by atoms with E-state index in [1.165, 1.54) is 24.3 Å². The molecule has 98 valence electrons. The largest absolute Gasteiger partial charge is 0.352 e. The number of carbonyl (C=O) groups excluding carboxylic acids is 1. The Bertz CT molecular complexity index is 405. The highest BCUT2D eigenvalue weighted by Crippen LogP contribution is 2.25. The molecule has 1 heterocycles. The zero-order valence-electron chi connectivity index (χ0n) is 10.3. The third-order valence-electron chi connectivity index (χ3n) is 3.25. The van der Waals surface area contributed by atoms with E-state index < -0.39 is 0 Å². The molecule has 1 N–H and O–H groups in total. The van der Waals surface area contributed by atoms with Gasteiger partial charge in [-0.1, -0.05) is 34.1 Å². The Balaban J connectivity index is 1.76. The number of carbonyl (C=O) groups is 1. The number of hydrogen-bond donors (Lipinski definition) is 1. The fourth-order valence-corrected chi connectivity index (χ4v) is 3.75. The van der Waals surface area contributed by atoms with Gasteiger partial charge in [0.25, 0.3) is 0 Å². The van der Waals surface area contributed by atoms with Crippen LogP contribution in [0.4, 0.5) is 0 Å². The summed E-state index contributed by atoms with van der Waals surface area (Å²) < 4.78 is 1.05. The third kappa shape index (κ3) is 4.32. The molecule has 0 unspecified atom stereocenters. The molecule has 2 nitrogen and oxygen atoms in total. The van der Waals surface area contributed by atoms with Crippen LogP contribution in [0, 0.1) is 5.92 Å². The second-order valence-electron chi connectivity index (χ2n) is 4.63. The molecule has 1 amide bonds. The number of hydrogen-bond acceptors (Lipinski definition) is 2. The molecule has 1 aromatic rings. The summed E-state index contributed by atoms with van der Waals surface area (Å²) in [6.07, 6.45) is 3.06. The van der Waals surface area contributed by atoms with E-state index in [-0.39, 0.29) is 5.91 Å². The Morgan fingerprint density at radius 3 is 2.78 bits per heavy atom. The molecule has 0 saturated carbocycles. The highest BCUT2D eigenvalue weighted by atomic mass is 79.9. The van der Waals surface area contributed by atoms with E-state index in [9.17, 15) is 4.79 Å². The molecule has 0 atom stereocenters. The maximum absolute atomic E-state index is 11.9. The minimum Gasteiger partial charge on any atom is -0.352 e. The third-order valence-corrected chi connectivity index (χ3v) is 5.07. The Kier molecular flexibility index (Phi) is 5.57. The lowest BCUT2D eigenvalue weighted by Gasteiger charge is -2.20. The Morgan fingerprint density at radius 1 is 1.33 bits per heavy atom. The minimum absolute atomic E-state index is 0.183. The summed E-state index contributed by atoms with van der Waals surface area (Å²) in [6, 6.07) is 8.00. The molecule has 1 aromatic carbocycles. The first-order valence-corrected chi connectivity index (χ1v) is 8.28. The van der Waals surface area contributed by atoms with Gasteiger partial charge in [0.2, 0.25) is 5.91 Å². The van der Waals surface area contributed by atoms with Crippen molar-refractivity contribution < 1.29 is 4.79 Å². The van der Waals surface area contributed by atoms with E-state index in [0.29, 0.717) is 18.9 Å². The molecule has 1 fully saturated rings. The summed E-state index contributed by atoms with van der Waals surface area (Å²) in [6.45, 7) is 0.613. The van der Waals surface area contributed by atoms with Crippen molar-refractivity contribution in [2.45, 2.75) is 25.8 Å². The lowest BCUT2D eigenvalue weighted by molar-refractivity contribution is -0.122. The molecule has 0 bridgehead atoms. The average Bonchev–Trinajstić information content (AvgIpc) is 2.39. The minimum atomic E-state index is 0.183. The second-order valence-corrected chi connectivity index (χ2v) is 6.71. The van der Waals surface area contributed by atoms with Crippen LogP contribution in [0.1, 0.15) is 24.8 Å². The predicted octanol–water partition coefficient (Wildman–Crippen LogP) is 3.60. The average molecular weight is 328 g/mol. The van der Waals surface area contributed by atoms with Crippen molar-refractivity contribution in [3.05, 3.63) is 34.3 Å². The first-order chi connectivity index (χ1) is 8.75.